The zero-order valence-corrected chi connectivity index (χ0v) is 17.3. The molecule has 0 N–H and O–H groups in total. The lowest BCUT2D eigenvalue weighted by atomic mass is 9.93. The van der Waals surface area contributed by atoms with Crippen molar-refractivity contribution in [1.29, 1.82) is 0 Å². The van der Waals surface area contributed by atoms with E-state index in [-0.39, 0.29) is 5.41 Å². The molecule has 1 aromatic carbocycles. The normalized spacial score (nSPS) is 16.9. The van der Waals surface area contributed by atoms with Gasteiger partial charge in [-0.05, 0) is 12.1 Å². The van der Waals surface area contributed by atoms with Crippen LogP contribution >= 0.6 is 11.3 Å². The predicted molar refractivity (Wildman–Crippen MR) is 107 cm³/mol. The van der Waals surface area contributed by atoms with E-state index in [4.69, 9.17) is 0 Å². The molecule has 1 aliphatic heterocycles. The lowest BCUT2D eigenvalue weighted by Gasteiger charge is -2.33. The molecule has 0 aliphatic carbocycles. The third kappa shape index (κ3) is 3.46. The van der Waals surface area contributed by atoms with Gasteiger partial charge >= 0.3 is 0 Å². The molecule has 144 valence electrons. The average molecular weight is 406 g/mol. The minimum absolute atomic E-state index is 0.00892. The highest BCUT2D eigenvalue weighted by Crippen LogP contribution is 2.28. The fourth-order valence-corrected chi connectivity index (χ4v) is 5.42. The third-order valence-corrected chi connectivity index (χ3v) is 7.59. The standard InChI is InChI=1S/C18H23N5O2S2/c1-18(2,3)15-13-23-16(19-15)26-17(20-23)21-9-11-22(12-10-21)27(24,25)14-7-5-4-6-8-14/h4-8,13H,9-12H2,1-3H3. The first kappa shape index (κ1) is 18.4. The first-order valence-corrected chi connectivity index (χ1v) is 11.2. The summed E-state index contributed by atoms with van der Waals surface area (Å²) in [5.74, 6) is 0. The number of nitrogens with zero attached hydrogens (tertiary/aromatic N) is 5. The van der Waals surface area contributed by atoms with Crippen LogP contribution in [0.4, 0.5) is 5.13 Å². The Labute approximate surface area is 163 Å². The molecule has 0 spiro atoms. The summed E-state index contributed by atoms with van der Waals surface area (Å²) in [6.07, 6.45) is 1.98. The first-order chi connectivity index (χ1) is 12.7. The number of benzene rings is 1. The Morgan fingerprint density at radius 2 is 1.70 bits per heavy atom. The molecule has 9 heteroatoms. The minimum Gasteiger partial charge on any atom is -0.344 e. The van der Waals surface area contributed by atoms with E-state index in [1.165, 1.54) is 0 Å². The maximum absolute atomic E-state index is 12.7. The molecule has 0 amide bonds. The summed E-state index contributed by atoms with van der Waals surface area (Å²) >= 11 is 1.54. The lowest BCUT2D eigenvalue weighted by molar-refractivity contribution is 0.384. The van der Waals surface area contributed by atoms with E-state index in [0.29, 0.717) is 31.1 Å². The van der Waals surface area contributed by atoms with Crippen molar-refractivity contribution >= 4 is 31.5 Å². The highest BCUT2D eigenvalue weighted by molar-refractivity contribution is 7.89. The average Bonchev–Trinajstić information content (AvgIpc) is 3.21. The number of hydrogen-bond acceptors (Lipinski definition) is 6. The number of imidazole rings is 1. The molecule has 1 fully saturated rings. The fourth-order valence-electron chi connectivity index (χ4n) is 3.04. The van der Waals surface area contributed by atoms with Gasteiger partial charge in [-0.15, -0.1) is 5.10 Å². The van der Waals surface area contributed by atoms with Gasteiger partial charge in [0.1, 0.15) is 0 Å². The van der Waals surface area contributed by atoms with Crippen LogP contribution < -0.4 is 4.90 Å². The van der Waals surface area contributed by atoms with E-state index in [2.05, 4.69) is 35.8 Å². The van der Waals surface area contributed by atoms with Gasteiger partial charge in [0.05, 0.1) is 16.8 Å². The van der Waals surface area contributed by atoms with Crippen LogP contribution in [0.1, 0.15) is 26.5 Å². The van der Waals surface area contributed by atoms with E-state index in [9.17, 15) is 8.42 Å². The largest absolute Gasteiger partial charge is 0.344 e. The summed E-state index contributed by atoms with van der Waals surface area (Å²) < 4.78 is 28.9. The van der Waals surface area contributed by atoms with Crippen LogP contribution in [-0.2, 0) is 15.4 Å². The highest BCUT2D eigenvalue weighted by Gasteiger charge is 2.29. The van der Waals surface area contributed by atoms with Gasteiger partial charge < -0.3 is 4.90 Å². The van der Waals surface area contributed by atoms with Crippen molar-refractivity contribution in [3.63, 3.8) is 0 Å². The van der Waals surface area contributed by atoms with Crippen molar-refractivity contribution < 1.29 is 8.42 Å². The zero-order valence-electron chi connectivity index (χ0n) is 15.7. The molecular formula is C18H23N5O2S2. The smallest absolute Gasteiger partial charge is 0.243 e. The molecule has 0 unspecified atom stereocenters. The molecule has 27 heavy (non-hydrogen) atoms. The van der Waals surface area contributed by atoms with E-state index in [1.807, 2.05) is 16.8 Å². The second-order valence-corrected chi connectivity index (χ2v) is 10.6. The molecule has 1 saturated heterocycles. The molecule has 0 radical (unpaired) electrons. The van der Waals surface area contributed by atoms with Crippen molar-refractivity contribution in [2.24, 2.45) is 0 Å². The van der Waals surface area contributed by atoms with Crippen LogP contribution in [0.25, 0.3) is 4.96 Å². The van der Waals surface area contributed by atoms with Gasteiger partial charge in [-0.2, -0.15) is 4.31 Å². The van der Waals surface area contributed by atoms with Crippen LogP contribution in [0.15, 0.2) is 41.4 Å². The van der Waals surface area contributed by atoms with Crippen LogP contribution in [0.5, 0.6) is 0 Å². The number of aromatic nitrogens is 3. The Bertz CT molecular complexity index is 1010. The third-order valence-electron chi connectivity index (χ3n) is 4.69. The lowest BCUT2D eigenvalue weighted by Crippen LogP contribution is -2.48. The SMILES string of the molecule is CC(C)(C)c1cn2nc(N3CCN(S(=O)(=O)c4ccccc4)CC3)sc2n1. The Kier molecular flexibility index (Phi) is 4.48. The molecule has 0 atom stereocenters. The molecule has 7 nitrogen and oxygen atoms in total. The maximum atomic E-state index is 12.7. The number of fused-ring (bicyclic) bond motifs is 1. The number of hydrogen-bond donors (Lipinski definition) is 0. The topological polar surface area (TPSA) is 70.8 Å². The van der Waals surface area contributed by atoms with Gasteiger partial charge in [0.25, 0.3) is 0 Å². The van der Waals surface area contributed by atoms with Crippen molar-refractivity contribution in [3.05, 3.63) is 42.2 Å². The van der Waals surface area contributed by atoms with Gasteiger partial charge in [0.2, 0.25) is 20.1 Å². The van der Waals surface area contributed by atoms with Gasteiger partial charge in [-0.3, -0.25) is 0 Å². The van der Waals surface area contributed by atoms with Gasteiger partial charge in [0, 0.05) is 31.6 Å². The number of rotatable bonds is 3. The quantitative estimate of drug-likeness (QED) is 0.670. The van der Waals surface area contributed by atoms with Crippen molar-refractivity contribution in [1.82, 2.24) is 18.9 Å². The van der Waals surface area contributed by atoms with Crippen LogP contribution in [0.3, 0.4) is 0 Å². The molecule has 1 aliphatic rings. The molecule has 0 saturated carbocycles. The molecular weight excluding hydrogens is 382 g/mol. The van der Waals surface area contributed by atoms with Crippen molar-refractivity contribution in [2.45, 2.75) is 31.1 Å². The Balaban J connectivity index is 1.48. The minimum atomic E-state index is -3.43. The van der Waals surface area contributed by atoms with Crippen LogP contribution in [0.2, 0.25) is 0 Å². The van der Waals surface area contributed by atoms with Crippen LogP contribution in [-0.4, -0.2) is 53.5 Å². The van der Waals surface area contributed by atoms with E-state index in [0.717, 1.165) is 15.8 Å². The summed E-state index contributed by atoms with van der Waals surface area (Å²) in [6.45, 7) is 8.54. The maximum Gasteiger partial charge on any atom is 0.243 e. The van der Waals surface area contributed by atoms with E-state index in [1.54, 1.807) is 39.9 Å². The molecule has 3 heterocycles. The van der Waals surface area contributed by atoms with Gasteiger partial charge in [-0.25, -0.2) is 17.9 Å². The molecule has 3 aromatic rings. The molecule has 0 bridgehead atoms. The summed E-state index contributed by atoms with van der Waals surface area (Å²) in [5.41, 5.74) is 1.01. The molecule has 2 aromatic heterocycles. The summed E-state index contributed by atoms with van der Waals surface area (Å²) in [5, 5.41) is 5.53. The summed E-state index contributed by atoms with van der Waals surface area (Å²) in [7, 11) is -3.43. The predicted octanol–water partition coefficient (Wildman–Crippen LogP) is 2.60. The van der Waals surface area contributed by atoms with Gasteiger partial charge in [0.15, 0.2) is 0 Å². The summed E-state index contributed by atoms with van der Waals surface area (Å²) in [4.78, 5) is 8.03. The Morgan fingerprint density at radius 1 is 1.04 bits per heavy atom. The van der Waals surface area contributed by atoms with Crippen LogP contribution in [0, 0.1) is 0 Å². The van der Waals surface area contributed by atoms with E-state index >= 15 is 0 Å². The monoisotopic (exact) mass is 405 g/mol. The zero-order chi connectivity index (χ0) is 19.2. The van der Waals surface area contributed by atoms with E-state index < -0.39 is 10.0 Å². The number of piperazine rings is 1. The second-order valence-electron chi connectivity index (χ2n) is 7.69. The number of anilines is 1. The summed E-state index contributed by atoms with van der Waals surface area (Å²) in [6, 6.07) is 8.61. The van der Waals surface area contributed by atoms with Gasteiger partial charge in [-0.1, -0.05) is 50.3 Å². The number of sulfonamides is 1. The fraction of sp³-hybridized carbons (Fsp3) is 0.444. The first-order valence-electron chi connectivity index (χ1n) is 8.92. The Morgan fingerprint density at radius 3 is 2.30 bits per heavy atom. The molecule has 4 rings (SSSR count). The van der Waals surface area contributed by atoms with Crippen molar-refractivity contribution in [2.75, 3.05) is 31.1 Å². The van der Waals surface area contributed by atoms with Crippen molar-refractivity contribution in [3.8, 4) is 0 Å². The second kappa shape index (κ2) is 6.57. The Hall–Kier alpha value is -1.97. The highest BCUT2D eigenvalue weighted by atomic mass is 32.2.